The van der Waals surface area contributed by atoms with Crippen LogP contribution in [-0.4, -0.2) is 41.6 Å². The molecule has 2 heterocycles. The molecule has 1 aromatic heterocycles. The molecular formula is C15H23N3O. The summed E-state index contributed by atoms with van der Waals surface area (Å²) in [4.78, 5) is 14.6. The Kier molecular flexibility index (Phi) is 3.60. The van der Waals surface area contributed by atoms with E-state index in [1.165, 1.54) is 19.3 Å². The van der Waals surface area contributed by atoms with Gasteiger partial charge in [-0.2, -0.15) is 0 Å². The minimum atomic E-state index is 0.184. The molecule has 0 atom stereocenters. The van der Waals surface area contributed by atoms with Crippen LogP contribution in [0.15, 0.2) is 18.3 Å². The van der Waals surface area contributed by atoms with E-state index in [0.717, 1.165) is 31.6 Å². The van der Waals surface area contributed by atoms with Gasteiger partial charge in [-0.25, -0.2) is 0 Å². The van der Waals surface area contributed by atoms with Crippen LogP contribution in [0.3, 0.4) is 0 Å². The molecule has 2 fully saturated rings. The quantitative estimate of drug-likeness (QED) is 0.904. The number of piperidine rings is 1. The number of hydrogen-bond acceptors (Lipinski definition) is 2. The summed E-state index contributed by atoms with van der Waals surface area (Å²) in [5.74, 6) is 0.184. The highest BCUT2D eigenvalue weighted by Crippen LogP contribution is 2.33. The first-order chi connectivity index (χ1) is 9.27. The van der Waals surface area contributed by atoms with Crippen molar-refractivity contribution < 1.29 is 4.79 Å². The molecule has 0 unspecified atom stereocenters. The molecule has 1 aliphatic heterocycles. The van der Waals surface area contributed by atoms with Crippen molar-refractivity contribution in [1.29, 1.82) is 0 Å². The molecule has 2 aliphatic rings. The zero-order chi connectivity index (χ0) is 13.2. The fraction of sp³-hybridized carbons (Fsp3) is 0.667. The Balaban J connectivity index is 1.73. The van der Waals surface area contributed by atoms with Crippen LogP contribution in [0.2, 0.25) is 0 Å². The Morgan fingerprint density at radius 1 is 1.32 bits per heavy atom. The number of carbonyl (C=O) groups is 1. The van der Waals surface area contributed by atoms with Gasteiger partial charge in [0.2, 0.25) is 0 Å². The summed E-state index contributed by atoms with van der Waals surface area (Å²) in [7, 11) is 1.95. The molecule has 1 N–H and O–H groups in total. The first kappa shape index (κ1) is 12.7. The number of rotatable bonds is 3. The largest absolute Gasteiger partial charge is 0.340 e. The molecule has 4 heteroatoms. The maximum atomic E-state index is 12.7. The van der Waals surface area contributed by atoms with Crippen molar-refractivity contribution in [3.8, 4) is 0 Å². The van der Waals surface area contributed by atoms with Gasteiger partial charge in [0.05, 0.1) is 0 Å². The predicted octanol–water partition coefficient (Wildman–Crippen LogP) is 2.04. The number of nitrogens with zero attached hydrogens (tertiary/aromatic N) is 2. The van der Waals surface area contributed by atoms with Crippen LogP contribution in [-0.2, 0) is 0 Å². The van der Waals surface area contributed by atoms with Gasteiger partial charge in [-0.15, -0.1) is 0 Å². The summed E-state index contributed by atoms with van der Waals surface area (Å²) in [6, 6.07) is 4.91. The molecule has 1 amide bonds. The van der Waals surface area contributed by atoms with E-state index < -0.39 is 0 Å². The Hall–Kier alpha value is -1.29. The Labute approximate surface area is 114 Å². The maximum absolute atomic E-state index is 12.7. The first-order valence-corrected chi connectivity index (χ1v) is 7.42. The Bertz CT molecular complexity index is 444. The van der Waals surface area contributed by atoms with E-state index >= 15 is 0 Å². The van der Waals surface area contributed by atoms with Crippen LogP contribution < -0.4 is 5.32 Å². The summed E-state index contributed by atoms with van der Waals surface area (Å²) in [5, 5.41) is 3.35. The highest BCUT2D eigenvalue weighted by Gasteiger charge is 2.27. The molecule has 0 spiro atoms. The second kappa shape index (κ2) is 5.37. The van der Waals surface area contributed by atoms with E-state index in [4.69, 9.17) is 0 Å². The van der Waals surface area contributed by atoms with E-state index in [-0.39, 0.29) is 5.91 Å². The van der Waals surface area contributed by atoms with Gasteiger partial charge in [0.1, 0.15) is 5.69 Å². The highest BCUT2D eigenvalue weighted by molar-refractivity contribution is 5.92. The molecule has 1 saturated heterocycles. The van der Waals surface area contributed by atoms with Gasteiger partial charge in [-0.3, -0.25) is 4.79 Å². The minimum Gasteiger partial charge on any atom is -0.340 e. The number of carbonyl (C=O) groups excluding carboxylic acids is 1. The lowest BCUT2D eigenvalue weighted by molar-refractivity contribution is 0.0686. The van der Waals surface area contributed by atoms with Gasteiger partial charge < -0.3 is 14.8 Å². The lowest BCUT2D eigenvalue weighted by Gasteiger charge is -2.33. The summed E-state index contributed by atoms with van der Waals surface area (Å²) >= 11 is 0. The van der Waals surface area contributed by atoms with E-state index in [9.17, 15) is 4.79 Å². The van der Waals surface area contributed by atoms with E-state index in [1.807, 2.05) is 24.1 Å². The number of hydrogen-bond donors (Lipinski definition) is 1. The second-order valence-corrected chi connectivity index (χ2v) is 5.78. The number of aromatic nitrogens is 1. The summed E-state index contributed by atoms with van der Waals surface area (Å²) in [5.41, 5.74) is 0.866. The predicted molar refractivity (Wildman–Crippen MR) is 75.3 cm³/mol. The smallest absolute Gasteiger partial charge is 0.270 e. The third kappa shape index (κ3) is 2.41. The summed E-state index contributed by atoms with van der Waals surface area (Å²) in [6.07, 6.45) is 7.91. The first-order valence-electron chi connectivity index (χ1n) is 7.42. The number of amides is 1. The Morgan fingerprint density at radius 3 is 2.68 bits per heavy atom. The van der Waals surface area contributed by atoms with Crippen LogP contribution in [0.1, 0.15) is 48.6 Å². The van der Waals surface area contributed by atoms with Gasteiger partial charge in [0.25, 0.3) is 5.91 Å². The lowest BCUT2D eigenvalue weighted by Crippen LogP contribution is -2.44. The standard InChI is InChI=1S/C15H23N3O/c1-17(12-7-9-16-10-8-12)15(19)14-6-3-11-18(14)13-4-2-5-13/h3,6,11-13,16H,2,4-5,7-10H2,1H3. The molecule has 0 aromatic carbocycles. The fourth-order valence-corrected chi connectivity index (χ4v) is 3.10. The molecule has 0 bridgehead atoms. The lowest BCUT2D eigenvalue weighted by atomic mass is 9.92. The average Bonchev–Trinajstić information content (AvgIpc) is 2.85. The third-order valence-corrected chi connectivity index (χ3v) is 4.64. The summed E-state index contributed by atoms with van der Waals surface area (Å²) in [6.45, 7) is 2.04. The SMILES string of the molecule is CN(C(=O)c1cccn1C1CCC1)C1CCNCC1. The van der Waals surface area contributed by atoms with Crippen LogP contribution in [0, 0.1) is 0 Å². The second-order valence-electron chi connectivity index (χ2n) is 5.78. The van der Waals surface area contributed by atoms with Crippen LogP contribution >= 0.6 is 0 Å². The van der Waals surface area contributed by atoms with Crippen molar-refractivity contribution >= 4 is 5.91 Å². The topological polar surface area (TPSA) is 37.3 Å². The minimum absolute atomic E-state index is 0.184. The highest BCUT2D eigenvalue weighted by atomic mass is 16.2. The Morgan fingerprint density at radius 2 is 2.05 bits per heavy atom. The van der Waals surface area contributed by atoms with Crippen molar-refractivity contribution in [3.63, 3.8) is 0 Å². The van der Waals surface area contributed by atoms with Gasteiger partial charge in [-0.05, 0) is 57.3 Å². The zero-order valence-electron chi connectivity index (χ0n) is 11.6. The van der Waals surface area contributed by atoms with Crippen molar-refractivity contribution in [1.82, 2.24) is 14.8 Å². The van der Waals surface area contributed by atoms with Crippen molar-refractivity contribution in [2.45, 2.75) is 44.2 Å². The average molecular weight is 261 g/mol. The van der Waals surface area contributed by atoms with Crippen molar-refractivity contribution in [2.24, 2.45) is 0 Å². The normalized spacial score (nSPS) is 21.1. The third-order valence-electron chi connectivity index (χ3n) is 4.64. The van der Waals surface area contributed by atoms with Gasteiger partial charge in [0, 0.05) is 25.3 Å². The maximum Gasteiger partial charge on any atom is 0.270 e. The van der Waals surface area contributed by atoms with Gasteiger partial charge in [0.15, 0.2) is 0 Å². The monoisotopic (exact) mass is 261 g/mol. The molecule has 104 valence electrons. The molecular weight excluding hydrogens is 238 g/mol. The van der Waals surface area contributed by atoms with Crippen LogP contribution in [0.5, 0.6) is 0 Å². The number of nitrogens with one attached hydrogen (secondary N) is 1. The molecule has 0 radical (unpaired) electrons. The van der Waals surface area contributed by atoms with Gasteiger partial charge >= 0.3 is 0 Å². The van der Waals surface area contributed by atoms with E-state index in [0.29, 0.717) is 12.1 Å². The van der Waals surface area contributed by atoms with Crippen molar-refractivity contribution in [3.05, 3.63) is 24.0 Å². The molecule has 1 saturated carbocycles. The van der Waals surface area contributed by atoms with E-state index in [1.54, 1.807) is 0 Å². The van der Waals surface area contributed by atoms with Crippen LogP contribution in [0.4, 0.5) is 0 Å². The molecule has 19 heavy (non-hydrogen) atoms. The summed E-state index contributed by atoms with van der Waals surface area (Å²) < 4.78 is 2.18. The van der Waals surface area contributed by atoms with Crippen LogP contribution in [0.25, 0.3) is 0 Å². The molecule has 1 aliphatic carbocycles. The van der Waals surface area contributed by atoms with Gasteiger partial charge in [-0.1, -0.05) is 0 Å². The van der Waals surface area contributed by atoms with E-state index in [2.05, 4.69) is 16.1 Å². The zero-order valence-corrected chi connectivity index (χ0v) is 11.6. The fourth-order valence-electron chi connectivity index (χ4n) is 3.10. The van der Waals surface area contributed by atoms with Crippen molar-refractivity contribution in [2.75, 3.05) is 20.1 Å². The molecule has 4 nitrogen and oxygen atoms in total. The molecule has 3 rings (SSSR count). The molecule has 1 aromatic rings.